The van der Waals surface area contributed by atoms with Gasteiger partial charge in [-0.1, -0.05) is 34.0 Å². The molecular formula is C27H20Cl2FN7O3. The molecule has 0 saturated carbocycles. The first-order chi connectivity index (χ1) is 19.3. The summed E-state index contributed by atoms with van der Waals surface area (Å²) in [5, 5.41) is 11.4. The lowest BCUT2D eigenvalue weighted by Gasteiger charge is -2.12. The summed E-state index contributed by atoms with van der Waals surface area (Å²) in [6.07, 6.45) is 10.9. The minimum Gasteiger partial charge on any atom is -0.465 e. The van der Waals surface area contributed by atoms with E-state index in [2.05, 4.69) is 36.8 Å². The summed E-state index contributed by atoms with van der Waals surface area (Å²) in [5.41, 5.74) is 5.18. The number of ether oxygens (including phenoxy) is 1. The highest BCUT2D eigenvalue weighted by molar-refractivity contribution is 6.35. The third kappa shape index (κ3) is 5.32. The number of hydrogen-bond acceptors (Lipinski definition) is 8. The monoisotopic (exact) mass is 579 g/mol. The Bertz CT molecular complexity index is 1690. The lowest BCUT2D eigenvalue weighted by atomic mass is 10.00. The normalized spacial score (nSPS) is 13.8. The number of aromatic nitrogens is 5. The molecule has 202 valence electrons. The first-order valence-electron chi connectivity index (χ1n) is 12.1. The SMILES string of the molecule is C#Cc1cnccc1-c1cc(Cl)c(C(=O)Nc2cnc(Nn3nc4c(n3)C(C(=O)OCC)CC4)c(Cl)c2)cc1F. The van der Waals surface area contributed by atoms with Gasteiger partial charge >= 0.3 is 5.97 Å². The molecule has 1 amide bonds. The smallest absolute Gasteiger partial charge is 0.315 e. The number of nitrogens with zero attached hydrogens (tertiary/aromatic N) is 5. The maximum atomic E-state index is 15.0. The summed E-state index contributed by atoms with van der Waals surface area (Å²) in [7, 11) is 0. The first kappa shape index (κ1) is 27.1. The molecule has 4 aromatic rings. The van der Waals surface area contributed by atoms with E-state index in [9.17, 15) is 9.59 Å². The molecule has 40 heavy (non-hydrogen) atoms. The Morgan fingerprint density at radius 1 is 1.20 bits per heavy atom. The number of halogens is 3. The van der Waals surface area contributed by atoms with Gasteiger partial charge in [0.15, 0.2) is 5.82 Å². The van der Waals surface area contributed by atoms with E-state index in [4.69, 9.17) is 34.4 Å². The van der Waals surface area contributed by atoms with Crippen molar-refractivity contribution in [1.82, 2.24) is 25.1 Å². The standard InChI is InChI=1S/C27H20Cl2FN7O3/c1-3-14-12-31-8-7-16(14)18-10-20(28)19(11-22(18)30)26(38)33-15-9-21(29)25(32-13-15)36-37-34-23-6-5-17(24(23)35-37)27(39)40-4-2/h1,7-13,17H,4-6H2,2H3,(H,32,36)(H,33,38). The topological polar surface area (TPSA) is 124 Å². The van der Waals surface area contributed by atoms with Crippen LogP contribution < -0.4 is 10.7 Å². The van der Waals surface area contributed by atoms with Crippen LogP contribution in [0.25, 0.3) is 11.1 Å². The van der Waals surface area contributed by atoms with Crippen LogP contribution in [-0.2, 0) is 16.0 Å². The van der Waals surface area contributed by atoms with Crippen LogP contribution in [0.15, 0.2) is 42.9 Å². The molecule has 0 saturated heterocycles. The molecule has 1 aromatic carbocycles. The van der Waals surface area contributed by atoms with Crippen molar-refractivity contribution in [2.75, 3.05) is 17.3 Å². The molecule has 0 aliphatic heterocycles. The van der Waals surface area contributed by atoms with Crippen molar-refractivity contribution >= 4 is 46.6 Å². The van der Waals surface area contributed by atoms with Gasteiger partial charge in [0, 0.05) is 23.5 Å². The summed E-state index contributed by atoms with van der Waals surface area (Å²) in [4.78, 5) is 34.4. The van der Waals surface area contributed by atoms with Crippen molar-refractivity contribution in [2.24, 2.45) is 0 Å². The predicted molar refractivity (Wildman–Crippen MR) is 147 cm³/mol. The number of nitrogens with one attached hydrogen (secondary N) is 2. The van der Waals surface area contributed by atoms with Crippen molar-refractivity contribution < 1.29 is 18.7 Å². The minimum absolute atomic E-state index is 0.0185. The number of fused-ring (bicyclic) bond motifs is 1. The van der Waals surface area contributed by atoms with Crippen LogP contribution in [0.3, 0.4) is 0 Å². The molecule has 1 aliphatic rings. The van der Waals surface area contributed by atoms with E-state index in [1.165, 1.54) is 35.6 Å². The van der Waals surface area contributed by atoms with Gasteiger partial charge in [0.25, 0.3) is 5.91 Å². The van der Waals surface area contributed by atoms with E-state index in [0.29, 0.717) is 35.4 Å². The Hall–Kier alpha value is -4.53. The van der Waals surface area contributed by atoms with E-state index >= 15 is 4.39 Å². The largest absolute Gasteiger partial charge is 0.465 e. The van der Waals surface area contributed by atoms with Crippen LogP contribution in [0.2, 0.25) is 10.0 Å². The number of carbonyl (C=O) groups excluding carboxylic acids is 2. The molecule has 0 bridgehead atoms. The number of pyridine rings is 2. The van der Waals surface area contributed by atoms with Crippen LogP contribution in [-0.4, -0.2) is 43.6 Å². The Morgan fingerprint density at radius 3 is 2.77 bits per heavy atom. The van der Waals surface area contributed by atoms with Crippen molar-refractivity contribution in [3.05, 3.63) is 81.2 Å². The molecule has 1 aliphatic carbocycles. The molecule has 0 radical (unpaired) electrons. The zero-order chi connectivity index (χ0) is 28.4. The number of esters is 1. The number of hydrogen-bond donors (Lipinski definition) is 2. The van der Waals surface area contributed by atoms with Gasteiger partial charge in [0.05, 0.1) is 45.4 Å². The van der Waals surface area contributed by atoms with Crippen molar-refractivity contribution in [3.63, 3.8) is 0 Å². The first-order valence-corrected chi connectivity index (χ1v) is 12.8. The maximum Gasteiger partial charge on any atom is 0.315 e. The number of anilines is 2. The van der Waals surface area contributed by atoms with Gasteiger partial charge in [-0.2, -0.15) is 0 Å². The van der Waals surface area contributed by atoms with Gasteiger partial charge in [-0.3, -0.25) is 14.6 Å². The van der Waals surface area contributed by atoms with Crippen molar-refractivity contribution in [1.29, 1.82) is 0 Å². The maximum absolute atomic E-state index is 15.0. The molecule has 5 rings (SSSR count). The second-order valence-electron chi connectivity index (χ2n) is 8.66. The third-order valence-electron chi connectivity index (χ3n) is 6.16. The molecule has 1 unspecified atom stereocenters. The van der Waals surface area contributed by atoms with E-state index in [1.807, 2.05) is 0 Å². The molecule has 0 fully saturated rings. The van der Waals surface area contributed by atoms with Crippen molar-refractivity contribution in [3.8, 4) is 23.5 Å². The zero-order valence-electron chi connectivity index (χ0n) is 20.9. The van der Waals surface area contributed by atoms with Crippen LogP contribution in [0.1, 0.15) is 46.6 Å². The Labute approximate surface area is 237 Å². The average molecular weight is 580 g/mol. The van der Waals surface area contributed by atoms with Crippen LogP contribution in [0.4, 0.5) is 15.9 Å². The van der Waals surface area contributed by atoms with Crippen LogP contribution in [0.5, 0.6) is 0 Å². The second-order valence-corrected chi connectivity index (χ2v) is 9.48. The van der Waals surface area contributed by atoms with Gasteiger partial charge in [0.2, 0.25) is 0 Å². The summed E-state index contributed by atoms with van der Waals surface area (Å²) in [5.74, 6) is 0.493. The highest BCUT2D eigenvalue weighted by atomic mass is 35.5. The van der Waals surface area contributed by atoms with Gasteiger partial charge < -0.3 is 10.1 Å². The van der Waals surface area contributed by atoms with E-state index in [-0.39, 0.29) is 45.3 Å². The molecular weight excluding hydrogens is 560 g/mol. The minimum atomic E-state index is -0.684. The quantitative estimate of drug-likeness (QED) is 0.234. The summed E-state index contributed by atoms with van der Waals surface area (Å²) in [6, 6.07) is 5.38. The molecule has 3 aromatic heterocycles. The summed E-state index contributed by atoms with van der Waals surface area (Å²) < 4.78 is 20.1. The lowest BCUT2D eigenvalue weighted by molar-refractivity contribution is -0.145. The highest BCUT2D eigenvalue weighted by Gasteiger charge is 2.34. The molecule has 1 atom stereocenters. The number of aryl methyl sites for hydroxylation is 1. The molecule has 2 N–H and O–H groups in total. The second kappa shape index (κ2) is 11.3. The van der Waals surface area contributed by atoms with Crippen LogP contribution in [0, 0.1) is 18.2 Å². The predicted octanol–water partition coefficient (Wildman–Crippen LogP) is 4.88. The third-order valence-corrected chi connectivity index (χ3v) is 6.76. The fourth-order valence-electron chi connectivity index (χ4n) is 4.29. The fourth-order valence-corrected chi connectivity index (χ4v) is 4.75. The van der Waals surface area contributed by atoms with E-state index < -0.39 is 17.6 Å². The van der Waals surface area contributed by atoms with Gasteiger partial charge in [0.1, 0.15) is 17.4 Å². The molecule has 3 heterocycles. The summed E-state index contributed by atoms with van der Waals surface area (Å²) >= 11 is 12.7. The zero-order valence-corrected chi connectivity index (χ0v) is 22.4. The van der Waals surface area contributed by atoms with E-state index in [0.717, 1.165) is 6.07 Å². The number of amides is 1. The lowest BCUT2D eigenvalue weighted by Crippen LogP contribution is -2.18. The Kier molecular flexibility index (Phi) is 7.64. The highest BCUT2D eigenvalue weighted by Crippen LogP contribution is 2.33. The average Bonchev–Trinajstić information content (AvgIpc) is 3.51. The Morgan fingerprint density at radius 2 is 2.02 bits per heavy atom. The molecule has 13 heteroatoms. The Balaban J connectivity index is 1.30. The van der Waals surface area contributed by atoms with Crippen molar-refractivity contribution in [2.45, 2.75) is 25.7 Å². The number of benzene rings is 1. The van der Waals surface area contributed by atoms with E-state index in [1.54, 1.807) is 13.0 Å². The number of rotatable bonds is 7. The summed E-state index contributed by atoms with van der Waals surface area (Å²) in [6.45, 7) is 2.03. The van der Waals surface area contributed by atoms with Crippen LogP contribution >= 0.6 is 23.2 Å². The van der Waals surface area contributed by atoms with Gasteiger partial charge in [-0.15, -0.1) is 16.6 Å². The molecule has 10 nitrogen and oxygen atoms in total. The fraction of sp³-hybridized carbons (Fsp3) is 0.185. The molecule has 0 spiro atoms. The van der Waals surface area contributed by atoms with Gasteiger partial charge in [-0.25, -0.2) is 14.8 Å². The number of carbonyl (C=O) groups is 2. The number of terminal acetylenes is 1. The van der Waals surface area contributed by atoms with Gasteiger partial charge in [-0.05, 0) is 44.0 Å².